The largest absolute Gasteiger partial charge is 0.494 e. The summed E-state index contributed by atoms with van der Waals surface area (Å²) in [5.41, 5.74) is -0.192. The number of methoxy groups -OCH3 is 1. The Morgan fingerprint density at radius 2 is 1.82 bits per heavy atom. The quantitative estimate of drug-likeness (QED) is 0.0961. The second kappa shape index (κ2) is 18.0. The molecule has 0 unspecified atom stereocenters. The first-order valence-electron chi connectivity index (χ1n) is 19.4. The Morgan fingerprint density at radius 1 is 1.08 bits per heavy atom. The van der Waals surface area contributed by atoms with Gasteiger partial charge in [0.15, 0.2) is 10.9 Å². The molecule has 2 saturated carbocycles. The first-order valence-corrected chi connectivity index (χ1v) is 22.2. The first-order chi connectivity index (χ1) is 28.6. The zero-order valence-corrected chi connectivity index (χ0v) is 38.1. The molecule has 8 rings (SSSR count). The van der Waals surface area contributed by atoms with Crippen LogP contribution in [-0.2, 0) is 24.4 Å². The minimum atomic E-state index is -3.91. The Balaban J connectivity index is 0.00000321. The third kappa shape index (κ3) is 9.37. The van der Waals surface area contributed by atoms with Crippen molar-refractivity contribution in [2.45, 2.75) is 75.4 Å². The first kappa shape index (κ1) is 46.6. The lowest BCUT2D eigenvalue weighted by Crippen LogP contribution is -2.58. The lowest BCUT2D eigenvalue weighted by molar-refractivity contribution is -0.141. The summed E-state index contributed by atoms with van der Waals surface area (Å²) in [6, 6.07) is 14.6. The molecule has 62 heavy (non-hydrogen) atoms. The van der Waals surface area contributed by atoms with Crippen LogP contribution in [0.4, 0.5) is 5.13 Å². The molecule has 3 amide bonds. The van der Waals surface area contributed by atoms with Gasteiger partial charge in [0.1, 0.15) is 40.9 Å². The van der Waals surface area contributed by atoms with E-state index in [1.807, 2.05) is 51.1 Å². The van der Waals surface area contributed by atoms with Gasteiger partial charge in [-0.15, -0.1) is 42.7 Å². The average molecular weight is 947 g/mol. The van der Waals surface area contributed by atoms with Crippen molar-refractivity contribution in [2.75, 3.05) is 19.0 Å². The van der Waals surface area contributed by atoms with Gasteiger partial charge in [-0.3, -0.25) is 19.1 Å². The smallest absolute Gasteiger partial charge is 0.259 e. The summed E-state index contributed by atoms with van der Waals surface area (Å²) in [5, 5.41) is 13.7. The van der Waals surface area contributed by atoms with Crippen molar-refractivity contribution in [1.29, 1.82) is 0 Å². The summed E-state index contributed by atoms with van der Waals surface area (Å²) < 4.78 is 45.4. The van der Waals surface area contributed by atoms with Crippen LogP contribution in [-0.4, -0.2) is 88.8 Å². The van der Waals surface area contributed by atoms with Gasteiger partial charge in [0.25, 0.3) is 5.91 Å². The number of fused-ring (bicyclic) bond motifs is 1. The maximum absolute atomic E-state index is 14.9. The van der Waals surface area contributed by atoms with E-state index < -0.39 is 68.1 Å². The number of sulfonamides is 1. The van der Waals surface area contributed by atoms with Crippen molar-refractivity contribution < 1.29 is 36.8 Å². The summed E-state index contributed by atoms with van der Waals surface area (Å²) in [6.45, 7) is 9.48. The molecular weight excluding hydrogens is 901 g/mol. The number of benzene rings is 2. The van der Waals surface area contributed by atoms with Gasteiger partial charge in [-0.25, -0.2) is 18.4 Å². The molecule has 0 spiro atoms. The van der Waals surface area contributed by atoms with E-state index in [9.17, 15) is 22.8 Å². The van der Waals surface area contributed by atoms with Crippen molar-refractivity contribution in [1.82, 2.24) is 30.1 Å². The average Bonchev–Trinajstić information content (AvgIpc) is 4.01. The molecule has 3 N–H and O–H groups in total. The maximum Gasteiger partial charge on any atom is 0.259 e. The number of ether oxygens (including phenoxy) is 2. The molecule has 15 nitrogen and oxygen atoms in total. The summed E-state index contributed by atoms with van der Waals surface area (Å²) >= 11 is 7.67. The van der Waals surface area contributed by atoms with Crippen molar-refractivity contribution in [3.63, 3.8) is 0 Å². The number of nitrogens with one attached hydrogen (secondary N) is 3. The van der Waals surface area contributed by atoms with Crippen LogP contribution in [0.3, 0.4) is 0 Å². The fraction of sp³-hybridized carbons (Fsp3) is 0.381. The number of thiazole rings is 1. The monoisotopic (exact) mass is 945 g/mol. The minimum absolute atomic E-state index is 0. The number of amides is 3. The number of hydrogen-bond donors (Lipinski definition) is 3. The molecule has 3 aliphatic rings. The molecule has 5 atom stereocenters. The number of pyridine rings is 1. The van der Waals surface area contributed by atoms with Crippen molar-refractivity contribution in [2.24, 2.45) is 11.3 Å². The lowest BCUT2D eigenvalue weighted by atomic mass is 9.85. The van der Waals surface area contributed by atoms with E-state index in [0.717, 1.165) is 5.56 Å². The normalized spacial score (nSPS) is 21.2. The molecule has 20 heteroatoms. The third-order valence-corrected chi connectivity index (χ3v) is 13.9. The Hall–Kier alpha value is -4.94. The number of halogens is 3. The summed E-state index contributed by atoms with van der Waals surface area (Å²) in [5.74, 6) is -1.23. The van der Waals surface area contributed by atoms with Gasteiger partial charge in [-0.05, 0) is 42.9 Å². The van der Waals surface area contributed by atoms with Crippen LogP contribution in [0.25, 0.3) is 33.5 Å². The van der Waals surface area contributed by atoms with Gasteiger partial charge in [-0.1, -0.05) is 73.9 Å². The van der Waals surface area contributed by atoms with Crippen molar-refractivity contribution >= 4 is 91.4 Å². The SMILES string of the molecule is C=C[C@@H]1C[C@]1(NC(=O)[C@@H]1C[C@@H](Oc2ncc(OC)c3ccc(Cl)cc23)CN1C(=O)[C@@H](Nc1nc(-c2cc(-c3ccccc3)no2)cs1)C(C)(C)C)C(=O)NS(=O)(=O)C1CC1.Cl.Cl. The number of hydrogen-bond acceptors (Lipinski definition) is 13. The summed E-state index contributed by atoms with van der Waals surface area (Å²) in [4.78, 5) is 53.8. The number of anilines is 1. The molecule has 3 aromatic heterocycles. The summed E-state index contributed by atoms with van der Waals surface area (Å²) in [6.07, 6.45) is 3.39. The van der Waals surface area contributed by atoms with Crippen LogP contribution in [0, 0.1) is 11.3 Å². The van der Waals surface area contributed by atoms with Crippen LogP contribution < -0.4 is 24.8 Å². The van der Waals surface area contributed by atoms with Crippen molar-refractivity contribution in [3.05, 3.63) is 83.9 Å². The van der Waals surface area contributed by atoms with E-state index in [2.05, 4.69) is 32.1 Å². The molecule has 1 aliphatic heterocycles. The second-order valence-corrected chi connectivity index (χ2v) is 19.7. The van der Waals surface area contributed by atoms with E-state index in [-0.39, 0.29) is 50.1 Å². The molecule has 2 aliphatic carbocycles. The molecule has 0 radical (unpaired) electrons. The lowest BCUT2D eigenvalue weighted by Gasteiger charge is -2.35. The van der Waals surface area contributed by atoms with E-state index in [0.29, 0.717) is 56.7 Å². The third-order valence-electron chi connectivity index (χ3n) is 11.1. The Labute approximate surface area is 380 Å². The van der Waals surface area contributed by atoms with Crippen LogP contribution >= 0.6 is 47.8 Å². The zero-order chi connectivity index (χ0) is 42.6. The van der Waals surface area contributed by atoms with Gasteiger partial charge < -0.3 is 29.5 Å². The molecule has 0 bridgehead atoms. The fourth-order valence-electron chi connectivity index (χ4n) is 7.51. The predicted molar refractivity (Wildman–Crippen MR) is 242 cm³/mol. The zero-order valence-electron chi connectivity index (χ0n) is 34.1. The van der Waals surface area contributed by atoms with E-state index in [1.54, 1.807) is 29.6 Å². The molecule has 4 heterocycles. The van der Waals surface area contributed by atoms with E-state index in [1.165, 1.54) is 35.6 Å². The second-order valence-electron chi connectivity index (χ2n) is 16.4. The highest BCUT2D eigenvalue weighted by Crippen LogP contribution is 2.46. The number of likely N-dealkylation sites (tertiary alicyclic amines) is 1. The molecular formula is C42H46Cl3N7O8S2. The fourth-order valence-corrected chi connectivity index (χ4v) is 9.77. The highest BCUT2D eigenvalue weighted by Gasteiger charge is 2.62. The van der Waals surface area contributed by atoms with Gasteiger partial charge in [-0.2, -0.15) is 0 Å². The Bertz CT molecular complexity index is 2600. The van der Waals surface area contributed by atoms with Gasteiger partial charge >= 0.3 is 0 Å². The molecule has 2 aromatic carbocycles. The molecule has 3 fully saturated rings. The van der Waals surface area contributed by atoms with Gasteiger partial charge in [0, 0.05) is 45.1 Å². The number of carbonyl (C=O) groups is 3. The molecule has 1 saturated heterocycles. The van der Waals surface area contributed by atoms with Crippen LogP contribution in [0.1, 0.15) is 46.5 Å². The Kier molecular flexibility index (Phi) is 13.5. The number of rotatable bonds is 14. The van der Waals surface area contributed by atoms with Crippen molar-refractivity contribution in [3.8, 4) is 34.3 Å². The van der Waals surface area contributed by atoms with Gasteiger partial charge in [0.05, 0.1) is 25.1 Å². The number of carbonyl (C=O) groups excluding carboxylic acids is 3. The summed E-state index contributed by atoms with van der Waals surface area (Å²) in [7, 11) is -2.38. The van der Waals surface area contributed by atoms with Crippen LogP contribution in [0.5, 0.6) is 11.6 Å². The van der Waals surface area contributed by atoms with Crippen LogP contribution in [0.2, 0.25) is 5.02 Å². The maximum atomic E-state index is 14.9. The minimum Gasteiger partial charge on any atom is -0.494 e. The topological polar surface area (TPSA) is 195 Å². The van der Waals surface area contributed by atoms with Crippen LogP contribution in [0.15, 0.2) is 83.4 Å². The molecule has 330 valence electrons. The van der Waals surface area contributed by atoms with Gasteiger partial charge in [0.2, 0.25) is 27.7 Å². The van der Waals surface area contributed by atoms with E-state index >= 15 is 0 Å². The predicted octanol–water partition coefficient (Wildman–Crippen LogP) is 7.06. The van der Waals surface area contributed by atoms with E-state index in [4.69, 9.17) is 30.6 Å². The Morgan fingerprint density at radius 3 is 2.48 bits per heavy atom. The standard InChI is InChI=1S/C42H44ClN7O8S2.2ClH/c1-6-24-19-42(24,39(53)49-60(54,55)27-13-14-27)47-36(51)32-17-26(57-37-29-16-25(43)12-15-28(29)34(56-5)20-44-37)21-50(32)38(52)35(41(2,3)4)46-40-45-31(22-59-40)33-18-30(48-58-33)23-10-8-7-9-11-23;;/h6-12,15-16,18,20,22,24,26-27,32,35H,1,13-14,17,19,21H2,2-5H3,(H,45,46)(H,47,51)(H,49,53);2*1H/t24-,26-,32+,35-,42-;;/m1../s1. The highest BCUT2D eigenvalue weighted by molar-refractivity contribution is 7.91. The molecule has 5 aromatic rings. The number of nitrogens with zero attached hydrogens (tertiary/aromatic N) is 4. The number of aromatic nitrogens is 3. The highest BCUT2D eigenvalue weighted by atomic mass is 35.5.